The maximum absolute atomic E-state index is 12.3. The van der Waals surface area contributed by atoms with Crippen LogP contribution < -0.4 is 4.72 Å². The van der Waals surface area contributed by atoms with E-state index >= 15 is 0 Å². The molecule has 0 bridgehead atoms. The molecule has 1 aromatic carbocycles. The van der Waals surface area contributed by atoms with Gasteiger partial charge in [-0.1, -0.05) is 12.1 Å². The number of hydrogen-bond donors (Lipinski definition) is 1. The van der Waals surface area contributed by atoms with Gasteiger partial charge in [0, 0.05) is 24.0 Å². The fraction of sp³-hybridized carbons (Fsp3) is 0.235. The van der Waals surface area contributed by atoms with Gasteiger partial charge < -0.3 is 4.90 Å². The minimum atomic E-state index is -3.43. The zero-order valence-electron chi connectivity index (χ0n) is 13.2. The Kier molecular flexibility index (Phi) is 4.84. The van der Waals surface area contributed by atoms with Crippen molar-refractivity contribution >= 4 is 33.3 Å². The monoisotopic (exact) mass is 362 g/mol. The number of thiophene rings is 1. The maximum Gasteiger partial charge on any atom is 0.246 e. The molecule has 2 heterocycles. The molecule has 5 nitrogen and oxygen atoms in total. The van der Waals surface area contributed by atoms with E-state index in [2.05, 4.69) is 16.2 Å². The first-order valence-electron chi connectivity index (χ1n) is 7.55. The van der Waals surface area contributed by atoms with Crippen LogP contribution in [0.4, 0.5) is 0 Å². The van der Waals surface area contributed by atoms with Gasteiger partial charge in [0.05, 0.1) is 4.90 Å². The minimum absolute atomic E-state index is 0.0289. The van der Waals surface area contributed by atoms with Crippen LogP contribution in [0.25, 0.3) is 6.08 Å². The van der Waals surface area contributed by atoms with Gasteiger partial charge in [0.25, 0.3) is 0 Å². The van der Waals surface area contributed by atoms with E-state index in [-0.39, 0.29) is 10.8 Å². The third kappa shape index (κ3) is 3.58. The van der Waals surface area contributed by atoms with Gasteiger partial charge in [-0.3, -0.25) is 4.79 Å². The van der Waals surface area contributed by atoms with Crippen molar-refractivity contribution in [1.29, 1.82) is 0 Å². The summed E-state index contributed by atoms with van der Waals surface area (Å²) < 4.78 is 25.6. The van der Waals surface area contributed by atoms with Crippen molar-refractivity contribution in [3.8, 4) is 0 Å². The van der Waals surface area contributed by atoms with Gasteiger partial charge in [-0.25, -0.2) is 13.1 Å². The Morgan fingerprint density at radius 2 is 2.00 bits per heavy atom. The molecule has 1 N–H and O–H groups in total. The number of rotatable bonds is 4. The highest BCUT2D eigenvalue weighted by atomic mass is 32.2. The molecule has 1 amide bonds. The van der Waals surface area contributed by atoms with E-state index in [1.54, 1.807) is 35.6 Å². The molecule has 0 spiro atoms. The first kappa shape index (κ1) is 16.9. The lowest BCUT2D eigenvalue weighted by Gasteiger charge is -2.25. The number of benzene rings is 1. The second kappa shape index (κ2) is 6.88. The molecule has 0 radical (unpaired) electrons. The van der Waals surface area contributed by atoms with Gasteiger partial charge in [0.15, 0.2) is 0 Å². The first-order valence-corrected chi connectivity index (χ1v) is 9.92. The molecule has 0 aliphatic carbocycles. The van der Waals surface area contributed by atoms with Gasteiger partial charge in [0.1, 0.15) is 0 Å². The standard InChI is InChI=1S/C17H18N2O3S2/c1-18-24(21,22)15-5-2-13(3-6-15)4-7-17(20)19-10-8-16-14(12-19)9-11-23-16/h2-7,9,11,18H,8,10,12H2,1H3/b7-4+. The number of carbonyl (C=O) groups excluding carboxylic acids is 1. The summed E-state index contributed by atoms with van der Waals surface area (Å²) >= 11 is 1.74. The Bertz CT molecular complexity index is 867. The van der Waals surface area contributed by atoms with Crippen molar-refractivity contribution < 1.29 is 13.2 Å². The topological polar surface area (TPSA) is 66.5 Å². The molecule has 24 heavy (non-hydrogen) atoms. The van der Waals surface area contributed by atoms with Crippen LogP contribution >= 0.6 is 11.3 Å². The van der Waals surface area contributed by atoms with E-state index in [1.165, 1.54) is 29.6 Å². The van der Waals surface area contributed by atoms with E-state index in [4.69, 9.17) is 0 Å². The molecule has 126 valence electrons. The summed E-state index contributed by atoms with van der Waals surface area (Å²) in [6, 6.07) is 8.48. The summed E-state index contributed by atoms with van der Waals surface area (Å²) in [4.78, 5) is 15.7. The second-order valence-electron chi connectivity index (χ2n) is 5.49. The smallest absolute Gasteiger partial charge is 0.246 e. The zero-order chi connectivity index (χ0) is 17.2. The molecule has 1 aliphatic heterocycles. The highest BCUT2D eigenvalue weighted by Crippen LogP contribution is 2.24. The van der Waals surface area contributed by atoms with Crippen LogP contribution in [-0.4, -0.2) is 32.8 Å². The lowest BCUT2D eigenvalue weighted by molar-refractivity contribution is -0.126. The van der Waals surface area contributed by atoms with Gasteiger partial charge in [-0.15, -0.1) is 11.3 Å². The predicted octanol–water partition coefficient (Wildman–Crippen LogP) is 2.25. The normalized spacial score (nSPS) is 14.8. The maximum atomic E-state index is 12.3. The molecule has 3 rings (SSSR count). The summed E-state index contributed by atoms with van der Waals surface area (Å²) in [7, 11) is -2.06. The van der Waals surface area contributed by atoms with Crippen molar-refractivity contribution in [2.45, 2.75) is 17.9 Å². The lowest BCUT2D eigenvalue weighted by atomic mass is 10.1. The van der Waals surface area contributed by atoms with E-state index in [1.807, 2.05) is 4.90 Å². The first-order chi connectivity index (χ1) is 11.5. The third-order valence-corrected chi connectivity index (χ3v) is 6.45. The Balaban J connectivity index is 1.67. The predicted molar refractivity (Wildman–Crippen MR) is 95.2 cm³/mol. The van der Waals surface area contributed by atoms with Gasteiger partial charge in [0.2, 0.25) is 15.9 Å². The Hall–Kier alpha value is -1.96. The van der Waals surface area contributed by atoms with E-state index < -0.39 is 10.0 Å². The van der Waals surface area contributed by atoms with Gasteiger partial charge in [-0.05, 0) is 54.3 Å². The molecule has 0 saturated carbocycles. The molecule has 0 atom stereocenters. The number of nitrogens with zero attached hydrogens (tertiary/aromatic N) is 1. The van der Waals surface area contributed by atoms with Crippen molar-refractivity contribution in [2.75, 3.05) is 13.6 Å². The lowest BCUT2D eigenvalue weighted by Crippen LogP contribution is -2.34. The Labute approximate surface area is 145 Å². The molecule has 0 saturated heterocycles. The molecule has 0 unspecified atom stereocenters. The minimum Gasteiger partial charge on any atom is -0.334 e. The summed E-state index contributed by atoms with van der Waals surface area (Å²) in [5, 5.41) is 2.06. The van der Waals surface area contributed by atoms with Crippen LogP contribution in [-0.2, 0) is 27.8 Å². The summed E-state index contributed by atoms with van der Waals surface area (Å²) in [5.74, 6) is -0.0289. The van der Waals surface area contributed by atoms with Crippen LogP contribution in [0.3, 0.4) is 0 Å². The van der Waals surface area contributed by atoms with Crippen LogP contribution in [0.2, 0.25) is 0 Å². The molecule has 0 fully saturated rings. The van der Waals surface area contributed by atoms with Crippen molar-refractivity contribution in [2.24, 2.45) is 0 Å². The molecular formula is C17H18N2O3S2. The van der Waals surface area contributed by atoms with Crippen molar-refractivity contribution in [3.05, 3.63) is 57.8 Å². The number of sulfonamides is 1. The van der Waals surface area contributed by atoms with Gasteiger partial charge >= 0.3 is 0 Å². The number of hydrogen-bond acceptors (Lipinski definition) is 4. The molecule has 2 aromatic rings. The fourth-order valence-electron chi connectivity index (χ4n) is 2.59. The van der Waals surface area contributed by atoms with E-state index in [9.17, 15) is 13.2 Å². The average molecular weight is 362 g/mol. The van der Waals surface area contributed by atoms with Crippen LogP contribution in [0.1, 0.15) is 16.0 Å². The summed E-state index contributed by atoms with van der Waals surface area (Å²) in [6.07, 6.45) is 4.16. The van der Waals surface area contributed by atoms with Crippen LogP contribution in [0, 0.1) is 0 Å². The van der Waals surface area contributed by atoms with Crippen LogP contribution in [0.5, 0.6) is 0 Å². The Morgan fingerprint density at radius 1 is 1.25 bits per heavy atom. The third-order valence-electron chi connectivity index (χ3n) is 4.00. The summed E-state index contributed by atoms with van der Waals surface area (Å²) in [6.45, 7) is 1.39. The largest absolute Gasteiger partial charge is 0.334 e. The molecular weight excluding hydrogens is 344 g/mol. The van der Waals surface area contributed by atoms with Crippen molar-refractivity contribution in [3.63, 3.8) is 0 Å². The zero-order valence-corrected chi connectivity index (χ0v) is 14.9. The molecule has 7 heteroatoms. The average Bonchev–Trinajstić information content (AvgIpc) is 3.07. The van der Waals surface area contributed by atoms with E-state index in [0.29, 0.717) is 6.54 Å². The summed E-state index contributed by atoms with van der Waals surface area (Å²) in [5.41, 5.74) is 2.02. The quantitative estimate of drug-likeness (QED) is 0.849. The molecule has 1 aliphatic rings. The highest BCUT2D eigenvalue weighted by Gasteiger charge is 2.19. The number of fused-ring (bicyclic) bond motifs is 1. The molecule has 1 aromatic heterocycles. The SMILES string of the molecule is CNS(=O)(=O)c1ccc(/C=C/C(=O)N2CCc3sccc3C2)cc1. The second-order valence-corrected chi connectivity index (χ2v) is 8.38. The van der Waals surface area contributed by atoms with E-state index in [0.717, 1.165) is 18.5 Å². The van der Waals surface area contributed by atoms with Crippen molar-refractivity contribution in [1.82, 2.24) is 9.62 Å². The highest BCUT2D eigenvalue weighted by molar-refractivity contribution is 7.89. The fourth-order valence-corrected chi connectivity index (χ4v) is 4.21. The Morgan fingerprint density at radius 3 is 2.71 bits per heavy atom. The number of nitrogens with one attached hydrogen (secondary N) is 1. The number of amides is 1. The van der Waals surface area contributed by atoms with Gasteiger partial charge in [-0.2, -0.15) is 0 Å². The number of carbonyl (C=O) groups is 1. The van der Waals surface area contributed by atoms with Crippen LogP contribution in [0.15, 0.2) is 46.7 Å².